The van der Waals surface area contributed by atoms with Crippen LogP contribution in [0.25, 0.3) is 0 Å². The molecule has 0 radical (unpaired) electrons. The van der Waals surface area contributed by atoms with E-state index in [2.05, 4.69) is 11.1 Å². The monoisotopic (exact) mass is 548 g/mol. The minimum absolute atomic E-state index is 0.0125. The number of benzene rings is 2. The van der Waals surface area contributed by atoms with Gasteiger partial charge in [-0.3, -0.25) is 0 Å². The molecule has 2 aliphatic rings. The molecule has 38 heavy (non-hydrogen) atoms. The van der Waals surface area contributed by atoms with Gasteiger partial charge in [0.1, 0.15) is 11.8 Å². The Balaban J connectivity index is 1.51. The summed E-state index contributed by atoms with van der Waals surface area (Å²) in [7, 11) is -3.90. The highest BCUT2D eigenvalue weighted by molar-refractivity contribution is 7.89. The lowest BCUT2D eigenvalue weighted by molar-refractivity contribution is -0.254. The summed E-state index contributed by atoms with van der Waals surface area (Å²) < 4.78 is 45.0. The number of aliphatic hydroxyl groups excluding tert-OH is 1. The van der Waals surface area contributed by atoms with Gasteiger partial charge in [-0.05, 0) is 36.5 Å². The van der Waals surface area contributed by atoms with Crippen LogP contribution in [0.5, 0.6) is 0 Å². The molecule has 5 N–H and O–H groups in total. The maximum absolute atomic E-state index is 13.5. The summed E-state index contributed by atoms with van der Waals surface area (Å²) in [6, 6.07) is 14.9. The first-order valence-corrected chi connectivity index (χ1v) is 14.4. The number of hydrogen-bond acceptors (Lipinski definition) is 7. The molecule has 2 heterocycles. The van der Waals surface area contributed by atoms with Crippen molar-refractivity contribution in [2.24, 2.45) is 11.8 Å². The van der Waals surface area contributed by atoms with Gasteiger partial charge in [0.15, 0.2) is 6.29 Å². The average molecular weight is 549 g/mol. The molecule has 5 atom stereocenters. The number of rotatable bonds is 11. The van der Waals surface area contributed by atoms with Gasteiger partial charge < -0.3 is 30.4 Å². The van der Waals surface area contributed by atoms with Crippen LogP contribution in [-0.4, -0.2) is 74.8 Å². The number of aliphatic hydroxyl groups is 1. The number of ether oxygens (including phenoxy) is 3. The second-order valence-electron chi connectivity index (χ2n) is 10.3. The van der Waals surface area contributed by atoms with E-state index in [0.717, 1.165) is 12.0 Å². The van der Waals surface area contributed by atoms with E-state index in [-0.39, 0.29) is 42.7 Å². The quantitative estimate of drug-likeness (QED) is 0.388. The molecule has 0 aromatic heterocycles. The molecule has 208 valence electrons. The third-order valence-corrected chi connectivity index (χ3v) is 8.68. The van der Waals surface area contributed by atoms with Gasteiger partial charge in [0.05, 0.1) is 36.2 Å². The number of fused-ring (bicyclic) bond motifs is 1. The summed E-state index contributed by atoms with van der Waals surface area (Å²) in [4.78, 5) is 13.1. The highest BCUT2D eigenvalue weighted by atomic mass is 32.2. The van der Waals surface area contributed by atoms with Crippen LogP contribution < -0.4 is 11.1 Å². The van der Waals surface area contributed by atoms with Gasteiger partial charge in [-0.25, -0.2) is 13.2 Å². The number of hydrogen-bond donors (Lipinski definition) is 3. The molecule has 0 aliphatic carbocycles. The molecule has 1 amide bonds. The largest absolute Gasteiger partial charge is 0.443 e. The van der Waals surface area contributed by atoms with Crippen LogP contribution in [-0.2, 0) is 30.7 Å². The van der Waals surface area contributed by atoms with Crippen LogP contribution in [0.15, 0.2) is 59.5 Å². The molecule has 0 saturated carbocycles. The van der Waals surface area contributed by atoms with Crippen molar-refractivity contribution in [1.82, 2.24) is 9.62 Å². The van der Waals surface area contributed by atoms with Crippen molar-refractivity contribution in [3.8, 4) is 0 Å². The lowest BCUT2D eigenvalue weighted by atomic mass is 10.0. The molecular formula is C27H38N3O7S+. The number of amides is 1. The number of carbonyl (C=O) groups excluding carboxylic acids is 1. The molecule has 10 nitrogen and oxygen atoms in total. The number of quaternary nitrogens is 1. The fourth-order valence-corrected chi connectivity index (χ4v) is 6.47. The zero-order valence-corrected chi connectivity index (χ0v) is 22.7. The first kappa shape index (κ1) is 28.5. The summed E-state index contributed by atoms with van der Waals surface area (Å²) in [5.41, 5.74) is 5.40. The SMILES string of the molecule is CC(C)CN(C[C@@H](O)[C@H](Cc1ccccc1)NC(=O)O[C@H]1CO[C@H]2OCCC21)S(=O)(=O)c1ccc([NH3+])cc1. The maximum atomic E-state index is 13.5. The summed E-state index contributed by atoms with van der Waals surface area (Å²) in [5, 5.41) is 14.1. The molecule has 2 aliphatic heterocycles. The summed E-state index contributed by atoms with van der Waals surface area (Å²) in [6.07, 6.45) is -1.65. The zero-order chi connectivity index (χ0) is 27.3. The second-order valence-corrected chi connectivity index (χ2v) is 12.3. The molecule has 2 aromatic carbocycles. The standard InChI is InChI=1S/C27H37N3O7S/c1-18(2)15-30(38(33,34)21-10-8-20(28)9-11-21)16-24(31)23(14-19-6-4-3-5-7-19)29-27(32)37-25-17-36-26-22(25)12-13-35-26/h3-11,18,22-26,31H,12-17,28H2,1-2H3,(H,29,32)/p+1/t22?,23-,24+,25-,26+/m0/s1. The second kappa shape index (κ2) is 12.5. The van der Waals surface area contributed by atoms with Crippen LogP contribution in [0.3, 0.4) is 0 Å². The molecule has 2 aromatic rings. The molecule has 0 bridgehead atoms. The van der Waals surface area contributed by atoms with E-state index < -0.39 is 34.4 Å². The summed E-state index contributed by atoms with van der Waals surface area (Å²) in [6.45, 7) is 4.64. The first-order chi connectivity index (χ1) is 18.1. The smallest absolute Gasteiger partial charge is 0.407 e. The van der Waals surface area contributed by atoms with E-state index in [1.165, 1.54) is 16.4 Å². The van der Waals surface area contributed by atoms with Crippen molar-refractivity contribution in [2.75, 3.05) is 26.3 Å². The third-order valence-electron chi connectivity index (χ3n) is 6.83. The Morgan fingerprint density at radius 2 is 1.84 bits per heavy atom. The molecule has 0 spiro atoms. The van der Waals surface area contributed by atoms with Crippen LogP contribution in [0.2, 0.25) is 0 Å². The molecular weight excluding hydrogens is 510 g/mol. The Labute approximate surface area is 224 Å². The van der Waals surface area contributed by atoms with Gasteiger partial charge in [0, 0.05) is 25.2 Å². The Bertz CT molecular complexity index is 1160. The van der Waals surface area contributed by atoms with E-state index in [1.807, 2.05) is 44.2 Å². The van der Waals surface area contributed by atoms with Gasteiger partial charge in [-0.15, -0.1) is 0 Å². The minimum Gasteiger partial charge on any atom is -0.443 e. The predicted octanol–water partition coefficient (Wildman–Crippen LogP) is 1.67. The van der Waals surface area contributed by atoms with Gasteiger partial charge in [-0.2, -0.15) is 4.31 Å². The van der Waals surface area contributed by atoms with Crippen molar-refractivity contribution in [2.45, 2.75) is 56.1 Å². The normalized spacial score (nSPS) is 22.8. The van der Waals surface area contributed by atoms with Crippen LogP contribution >= 0.6 is 0 Å². The molecule has 1 unspecified atom stereocenters. The summed E-state index contributed by atoms with van der Waals surface area (Å²) in [5.74, 6) is -0.00633. The van der Waals surface area contributed by atoms with Gasteiger partial charge in [-0.1, -0.05) is 44.2 Å². The van der Waals surface area contributed by atoms with E-state index in [4.69, 9.17) is 14.2 Å². The maximum Gasteiger partial charge on any atom is 0.407 e. The number of nitrogens with one attached hydrogen (secondary N) is 1. The predicted molar refractivity (Wildman–Crippen MR) is 140 cm³/mol. The topological polar surface area (TPSA) is 142 Å². The molecule has 4 rings (SSSR count). The number of nitrogens with zero attached hydrogens (tertiary/aromatic N) is 1. The number of sulfonamides is 1. The van der Waals surface area contributed by atoms with Crippen LogP contribution in [0.4, 0.5) is 10.5 Å². The van der Waals surface area contributed by atoms with Crippen molar-refractivity contribution in [3.05, 3.63) is 60.2 Å². The Hall–Kier alpha value is -2.54. The van der Waals surface area contributed by atoms with E-state index in [0.29, 0.717) is 18.7 Å². The lowest BCUT2D eigenvalue weighted by Crippen LogP contribution is -2.51. The Morgan fingerprint density at radius 3 is 2.53 bits per heavy atom. The average Bonchev–Trinajstić information content (AvgIpc) is 3.49. The van der Waals surface area contributed by atoms with Crippen LogP contribution in [0.1, 0.15) is 25.8 Å². The highest BCUT2D eigenvalue weighted by Crippen LogP contribution is 2.33. The van der Waals surface area contributed by atoms with Crippen LogP contribution in [0, 0.1) is 11.8 Å². The molecule has 2 saturated heterocycles. The highest BCUT2D eigenvalue weighted by Gasteiger charge is 2.44. The Morgan fingerprint density at radius 1 is 1.13 bits per heavy atom. The van der Waals surface area contributed by atoms with E-state index >= 15 is 0 Å². The fourth-order valence-electron chi connectivity index (χ4n) is 4.85. The van der Waals surface area contributed by atoms with E-state index in [1.54, 1.807) is 12.1 Å². The molecule has 2 fully saturated rings. The van der Waals surface area contributed by atoms with Gasteiger partial charge in [0.2, 0.25) is 10.0 Å². The summed E-state index contributed by atoms with van der Waals surface area (Å²) >= 11 is 0. The zero-order valence-electron chi connectivity index (χ0n) is 21.9. The number of carbonyl (C=O) groups is 1. The third kappa shape index (κ3) is 7.10. The fraction of sp³-hybridized carbons (Fsp3) is 0.519. The lowest BCUT2D eigenvalue weighted by Gasteiger charge is -2.31. The molecule has 11 heteroatoms. The Kier molecular flexibility index (Phi) is 9.40. The first-order valence-electron chi connectivity index (χ1n) is 13.0. The van der Waals surface area contributed by atoms with E-state index in [9.17, 15) is 18.3 Å². The van der Waals surface area contributed by atoms with Crippen molar-refractivity contribution >= 4 is 21.8 Å². The number of alkyl carbamates (subject to hydrolysis) is 1. The van der Waals surface area contributed by atoms with Gasteiger partial charge >= 0.3 is 6.09 Å². The minimum atomic E-state index is -3.90. The van der Waals surface area contributed by atoms with Gasteiger partial charge in [0.25, 0.3) is 0 Å². The van der Waals surface area contributed by atoms with Crippen molar-refractivity contribution in [1.29, 1.82) is 0 Å². The van der Waals surface area contributed by atoms with Crippen molar-refractivity contribution in [3.63, 3.8) is 0 Å². The van der Waals surface area contributed by atoms with Crippen molar-refractivity contribution < 1.29 is 38.3 Å².